The van der Waals surface area contributed by atoms with Gasteiger partial charge in [0.1, 0.15) is 0 Å². The van der Waals surface area contributed by atoms with Gasteiger partial charge in [-0.25, -0.2) is 13.6 Å². The van der Waals surface area contributed by atoms with E-state index in [0.717, 1.165) is 13.1 Å². The van der Waals surface area contributed by atoms with Crippen LogP contribution in [0.2, 0.25) is 0 Å². The van der Waals surface area contributed by atoms with Crippen molar-refractivity contribution in [2.24, 2.45) is 5.14 Å². The summed E-state index contributed by atoms with van der Waals surface area (Å²) in [5, 5.41) is 5.29. The van der Waals surface area contributed by atoms with Gasteiger partial charge in [0.15, 0.2) is 11.5 Å². The van der Waals surface area contributed by atoms with E-state index in [4.69, 9.17) is 14.6 Å². The van der Waals surface area contributed by atoms with Gasteiger partial charge in [-0.15, -0.1) is 0 Å². The number of rotatable bonds is 7. The Kier molecular flexibility index (Phi) is 5.79. The summed E-state index contributed by atoms with van der Waals surface area (Å²) in [6.45, 7) is 6.14. The number of benzene rings is 1. The lowest BCUT2D eigenvalue weighted by molar-refractivity contribution is 0.291. The normalized spacial score (nSPS) is 11.7. The number of nitrogens with two attached hydrogens (primary N) is 1. The first-order chi connectivity index (χ1) is 9.37. The van der Waals surface area contributed by atoms with Crippen LogP contribution in [0.15, 0.2) is 17.0 Å². The van der Waals surface area contributed by atoms with Crippen LogP contribution in [0.5, 0.6) is 11.5 Å². The fourth-order valence-electron chi connectivity index (χ4n) is 1.98. The van der Waals surface area contributed by atoms with Crippen molar-refractivity contribution in [3.63, 3.8) is 0 Å². The molecule has 0 fully saturated rings. The maximum Gasteiger partial charge on any atom is 0.238 e. The molecule has 20 heavy (non-hydrogen) atoms. The van der Waals surface area contributed by atoms with E-state index >= 15 is 0 Å². The van der Waals surface area contributed by atoms with Crippen molar-refractivity contribution < 1.29 is 17.9 Å². The van der Waals surface area contributed by atoms with Gasteiger partial charge in [-0.1, -0.05) is 13.8 Å². The molecular weight excluding hydrogens is 280 g/mol. The Morgan fingerprint density at radius 2 is 1.60 bits per heavy atom. The summed E-state index contributed by atoms with van der Waals surface area (Å²) in [5.74, 6) is 0.835. The highest BCUT2D eigenvalue weighted by atomic mass is 32.2. The largest absolute Gasteiger partial charge is 0.493 e. The maximum absolute atomic E-state index is 11.7. The van der Waals surface area contributed by atoms with Gasteiger partial charge in [-0.2, -0.15) is 0 Å². The molecule has 0 saturated carbocycles. The summed E-state index contributed by atoms with van der Waals surface area (Å²) >= 11 is 0. The molecule has 114 valence electrons. The third kappa shape index (κ3) is 3.84. The van der Waals surface area contributed by atoms with Crippen LogP contribution in [0, 0.1) is 0 Å². The monoisotopic (exact) mass is 302 g/mol. The highest BCUT2D eigenvalue weighted by Gasteiger charge is 2.20. The fourth-order valence-corrected chi connectivity index (χ4v) is 2.74. The molecule has 1 aromatic carbocycles. The first-order valence-electron chi connectivity index (χ1n) is 6.37. The molecule has 7 heteroatoms. The van der Waals surface area contributed by atoms with Crippen molar-refractivity contribution in [1.82, 2.24) is 4.90 Å². The second-order valence-electron chi connectivity index (χ2n) is 4.32. The molecule has 0 aliphatic carbocycles. The molecule has 0 radical (unpaired) electrons. The Balaban J connectivity index is 3.39. The van der Waals surface area contributed by atoms with Gasteiger partial charge in [0.05, 0.1) is 19.1 Å². The van der Waals surface area contributed by atoms with E-state index in [0.29, 0.717) is 23.6 Å². The van der Waals surface area contributed by atoms with Gasteiger partial charge in [0.2, 0.25) is 10.0 Å². The van der Waals surface area contributed by atoms with Crippen LogP contribution in [0.25, 0.3) is 0 Å². The van der Waals surface area contributed by atoms with E-state index in [9.17, 15) is 8.42 Å². The van der Waals surface area contributed by atoms with Crippen LogP contribution in [0.4, 0.5) is 0 Å². The molecule has 0 unspecified atom stereocenters. The molecule has 0 heterocycles. The summed E-state index contributed by atoms with van der Waals surface area (Å²) in [7, 11) is -0.853. The first-order valence-corrected chi connectivity index (χ1v) is 7.92. The minimum atomic E-state index is -3.82. The van der Waals surface area contributed by atoms with E-state index in [1.165, 1.54) is 20.3 Å². The van der Waals surface area contributed by atoms with Crippen molar-refractivity contribution in [3.8, 4) is 11.5 Å². The predicted molar refractivity (Wildman–Crippen MR) is 77.5 cm³/mol. The van der Waals surface area contributed by atoms with Crippen LogP contribution in [-0.4, -0.2) is 40.6 Å². The highest BCUT2D eigenvalue weighted by molar-refractivity contribution is 7.89. The zero-order valence-electron chi connectivity index (χ0n) is 12.3. The van der Waals surface area contributed by atoms with Crippen molar-refractivity contribution >= 4 is 10.0 Å². The Morgan fingerprint density at radius 3 is 2.00 bits per heavy atom. The van der Waals surface area contributed by atoms with Crippen molar-refractivity contribution in [3.05, 3.63) is 17.7 Å². The zero-order valence-corrected chi connectivity index (χ0v) is 13.2. The number of nitrogens with zero attached hydrogens (tertiary/aromatic N) is 1. The molecule has 0 atom stereocenters. The molecule has 6 nitrogen and oxygen atoms in total. The topological polar surface area (TPSA) is 81.9 Å². The second-order valence-corrected chi connectivity index (χ2v) is 5.85. The lowest BCUT2D eigenvalue weighted by atomic mass is 10.2. The average molecular weight is 302 g/mol. The Morgan fingerprint density at radius 1 is 1.10 bits per heavy atom. The third-order valence-corrected chi connectivity index (χ3v) is 4.15. The molecule has 0 bridgehead atoms. The quantitative estimate of drug-likeness (QED) is 0.818. The van der Waals surface area contributed by atoms with Crippen LogP contribution >= 0.6 is 0 Å². The lowest BCUT2D eigenvalue weighted by Crippen LogP contribution is -2.24. The average Bonchev–Trinajstić information content (AvgIpc) is 2.42. The molecule has 1 aromatic rings. The fraction of sp³-hybridized carbons (Fsp3) is 0.538. The number of hydrogen-bond acceptors (Lipinski definition) is 5. The number of hydrogen-bond donors (Lipinski definition) is 1. The molecule has 0 aliphatic heterocycles. The number of ether oxygens (including phenoxy) is 2. The van der Waals surface area contributed by atoms with Gasteiger partial charge in [0, 0.05) is 12.6 Å². The zero-order chi connectivity index (χ0) is 15.3. The Hall–Kier alpha value is -1.31. The van der Waals surface area contributed by atoms with Crippen molar-refractivity contribution in [2.45, 2.75) is 25.3 Å². The van der Waals surface area contributed by atoms with Gasteiger partial charge in [-0.3, -0.25) is 4.90 Å². The van der Waals surface area contributed by atoms with Gasteiger partial charge < -0.3 is 9.47 Å². The van der Waals surface area contributed by atoms with Crippen molar-refractivity contribution in [2.75, 3.05) is 27.3 Å². The van der Waals surface area contributed by atoms with Gasteiger partial charge in [0.25, 0.3) is 0 Å². The van der Waals surface area contributed by atoms with E-state index in [1.807, 2.05) is 13.8 Å². The molecule has 0 saturated heterocycles. The molecule has 0 amide bonds. The molecule has 0 spiro atoms. The van der Waals surface area contributed by atoms with Crippen LogP contribution < -0.4 is 14.6 Å². The van der Waals surface area contributed by atoms with Crippen LogP contribution in [0.3, 0.4) is 0 Å². The summed E-state index contributed by atoms with van der Waals surface area (Å²) in [6, 6.07) is 3.07. The Labute approximate surface area is 120 Å². The summed E-state index contributed by atoms with van der Waals surface area (Å²) in [4.78, 5) is 2.16. The van der Waals surface area contributed by atoms with Gasteiger partial charge >= 0.3 is 0 Å². The summed E-state index contributed by atoms with van der Waals surface area (Å²) < 4.78 is 33.8. The van der Waals surface area contributed by atoms with E-state index in [-0.39, 0.29) is 4.90 Å². The number of methoxy groups -OCH3 is 2. The highest BCUT2D eigenvalue weighted by Crippen LogP contribution is 2.32. The second kappa shape index (κ2) is 6.92. The van der Waals surface area contributed by atoms with Gasteiger partial charge in [-0.05, 0) is 24.7 Å². The smallest absolute Gasteiger partial charge is 0.238 e. The third-order valence-electron chi connectivity index (χ3n) is 3.16. The first kappa shape index (κ1) is 16.7. The maximum atomic E-state index is 11.7. The van der Waals surface area contributed by atoms with Crippen LogP contribution in [-0.2, 0) is 16.6 Å². The molecule has 0 aromatic heterocycles. The van der Waals surface area contributed by atoms with E-state index in [2.05, 4.69) is 4.90 Å². The van der Waals surface area contributed by atoms with Crippen molar-refractivity contribution in [1.29, 1.82) is 0 Å². The SMILES string of the molecule is CCN(CC)Cc1cc(OC)c(OC)cc1S(N)(=O)=O. The molecule has 0 aliphatic rings. The summed E-state index contributed by atoms with van der Waals surface area (Å²) in [6.07, 6.45) is 0. The minimum absolute atomic E-state index is 0.0713. The predicted octanol–water partition coefficient (Wildman–Crippen LogP) is 1.19. The summed E-state index contributed by atoms with van der Waals surface area (Å²) in [5.41, 5.74) is 0.605. The molecule has 1 rings (SSSR count). The molecular formula is C13H22N2O4S. The van der Waals surface area contributed by atoms with E-state index in [1.54, 1.807) is 6.07 Å². The number of sulfonamides is 1. The minimum Gasteiger partial charge on any atom is -0.493 e. The number of primary sulfonamides is 1. The van der Waals surface area contributed by atoms with Crippen LogP contribution in [0.1, 0.15) is 19.4 Å². The molecule has 2 N–H and O–H groups in total. The standard InChI is InChI=1S/C13H22N2O4S/c1-5-15(6-2)9-10-7-11(18-3)12(19-4)8-13(10)20(14,16)17/h7-8H,5-6,9H2,1-4H3,(H2,14,16,17). The van der Waals surface area contributed by atoms with E-state index < -0.39 is 10.0 Å². The lowest BCUT2D eigenvalue weighted by Gasteiger charge is -2.21. The Bertz CT molecular complexity index is 554.